The van der Waals surface area contributed by atoms with E-state index in [1.54, 1.807) is 30.6 Å². The van der Waals surface area contributed by atoms with Gasteiger partial charge in [0, 0.05) is 31.6 Å². The molecule has 0 aliphatic carbocycles. The molecule has 0 saturated carbocycles. The fraction of sp³-hybridized carbons (Fsp3) is 0.448. The van der Waals surface area contributed by atoms with Gasteiger partial charge in [0.25, 0.3) is 11.8 Å². The summed E-state index contributed by atoms with van der Waals surface area (Å²) in [6.45, 7) is 6.94. The van der Waals surface area contributed by atoms with Crippen molar-refractivity contribution >= 4 is 23.9 Å². The SMILES string of the molecule is CC(C)(C)OC(=O)N1CCCC2(C1)CN(C1(c3ccc(Oc4ccc(OC(F)(F)F)cc4)cc3)C(=O)NC(=O)NC1=O)C2. The predicted molar refractivity (Wildman–Crippen MR) is 144 cm³/mol. The van der Waals surface area contributed by atoms with Crippen molar-refractivity contribution in [3.05, 3.63) is 54.1 Å². The number of amides is 5. The number of piperidine rings is 1. The first-order valence-electron chi connectivity index (χ1n) is 13.6. The fourth-order valence-corrected chi connectivity index (χ4v) is 5.81. The van der Waals surface area contributed by atoms with Crippen molar-refractivity contribution in [1.82, 2.24) is 20.4 Å². The van der Waals surface area contributed by atoms with Crippen molar-refractivity contribution in [3.63, 3.8) is 0 Å². The van der Waals surface area contributed by atoms with E-state index in [2.05, 4.69) is 15.4 Å². The van der Waals surface area contributed by atoms with Crippen LogP contribution in [0.3, 0.4) is 0 Å². The molecule has 2 N–H and O–H groups in total. The lowest BCUT2D eigenvalue weighted by Gasteiger charge is -2.59. The summed E-state index contributed by atoms with van der Waals surface area (Å²) in [5.41, 5.74) is -2.59. The number of barbiturate groups is 1. The van der Waals surface area contributed by atoms with E-state index >= 15 is 0 Å². The maximum atomic E-state index is 13.4. The maximum Gasteiger partial charge on any atom is 0.573 e. The molecule has 2 aromatic carbocycles. The Morgan fingerprint density at radius 3 is 1.91 bits per heavy atom. The first kappa shape index (κ1) is 30.1. The van der Waals surface area contributed by atoms with Crippen LogP contribution in [0.25, 0.3) is 0 Å². The van der Waals surface area contributed by atoms with E-state index in [-0.39, 0.29) is 22.5 Å². The monoisotopic (exact) mass is 604 g/mol. The highest BCUT2D eigenvalue weighted by Gasteiger charge is 2.62. The lowest BCUT2D eigenvalue weighted by molar-refractivity contribution is -0.274. The van der Waals surface area contributed by atoms with Crippen LogP contribution in [0.1, 0.15) is 39.2 Å². The van der Waals surface area contributed by atoms with Crippen LogP contribution in [0.5, 0.6) is 17.2 Å². The number of hydrogen-bond acceptors (Lipinski definition) is 8. The minimum Gasteiger partial charge on any atom is -0.457 e. The van der Waals surface area contributed by atoms with Crippen LogP contribution >= 0.6 is 0 Å². The van der Waals surface area contributed by atoms with Crippen molar-refractivity contribution in [2.75, 3.05) is 26.2 Å². The molecule has 2 aromatic rings. The van der Waals surface area contributed by atoms with Gasteiger partial charge in [0.15, 0.2) is 0 Å². The molecule has 14 heteroatoms. The van der Waals surface area contributed by atoms with Gasteiger partial charge in [-0.25, -0.2) is 9.59 Å². The molecule has 3 aliphatic heterocycles. The number of imide groups is 2. The Morgan fingerprint density at radius 1 is 0.837 bits per heavy atom. The van der Waals surface area contributed by atoms with Gasteiger partial charge in [0.05, 0.1) is 0 Å². The largest absolute Gasteiger partial charge is 0.573 e. The van der Waals surface area contributed by atoms with Crippen LogP contribution in [0, 0.1) is 5.41 Å². The van der Waals surface area contributed by atoms with Gasteiger partial charge >= 0.3 is 18.5 Å². The average molecular weight is 605 g/mol. The Labute approximate surface area is 245 Å². The van der Waals surface area contributed by atoms with Gasteiger partial charge in [0.2, 0.25) is 5.54 Å². The van der Waals surface area contributed by atoms with Crippen LogP contribution in [-0.2, 0) is 19.9 Å². The Bertz CT molecular complexity index is 1400. The summed E-state index contributed by atoms with van der Waals surface area (Å²) in [6.07, 6.45) is -3.73. The Kier molecular flexibility index (Phi) is 7.53. The van der Waals surface area contributed by atoms with E-state index in [9.17, 15) is 32.3 Å². The van der Waals surface area contributed by atoms with Gasteiger partial charge in [-0.1, -0.05) is 12.1 Å². The van der Waals surface area contributed by atoms with Gasteiger partial charge in [-0.05, 0) is 75.6 Å². The molecular formula is C29H31F3N4O7. The van der Waals surface area contributed by atoms with E-state index in [0.29, 0.717) is 26.2 Å². The zero-order chi connectivity index (χ0) is 31.2. The number of carbonyl (C=O) groups excluding carboxylic acids is 4. The first-order valence-corrected chi connectivity index (χ1v) is 13.6. The van der Waals surface area contributed by atoms with E-state index < -0.39 is 47.2 Å². The molecule has 0 unspecified atom stereocenters. The summed E-state index contributed by atoms with van der Waals surface area (Å²) in [6, 6.07) is 9.94. The zero-order valence-corrected chi connectivity index (χ0v) is 23.7. The fourth-order valence-electron chi connectivity index (χ4n) is 5.81. The number of halogens is 3. The molecule has 0 aromatic heterocycles. The highest BCUT2D eigenvalue weighted by molar-refractivity contribution is 6.22. The van der Waals surface area contributed by atoms with Gasteiger partial charge < -0.3 is 19.1 Å². The number of hydrogen-bond donors (Lipinski definition) is 2. The molecular weight excluding hydrogens is 573 g/mol. The van der Waals surface area contributed by atoms with E-state index in [1.807, 2.05) is 0 Å². The number of carbonyl (C=O) groups is 4. The zero-order valence-electron chi connectivity index (χ0n) is 23.7. The predicted octanol–water partition coefficient (Wildman–Crippen LogP) is 4.27. The summed E-state index contributed by atoms with van der Waals surface area (Å²) in [5.74, 6) is -1.49. The number of benzene rings is 2. The number of urea groups is 1. The van der Waals surface area contributed by atoms with Crippen molar-refractivity contribution in [2.24, 2.45) is 5.41 Å². The Morgan fingerprint density at radius 2 is 1.37 bits per heavy atom. The number of rotatable bonds is 5. The highest BCUT2D eigenvalue weighted by Crippen LogP contribution is 2.47. The molecule has 3 aliphatic rings. The third kappa shape index (κ3) is 6.24. The van der Waals surface area contributed by atoms with Crippen molar-refractivity contribution in [3.8, 4) is 17.2 Å². The molecule has 3 heterocycles. The standard InChI is InChI=1S/C29H31F3N4O7/c1-26(2,3)43-25(40)35-14-4-13-27(15-35)16-36(17-27)28(22(37)33-24(39)34-23(28)38)18-5-7-19(8-6-18)41-20-9-11-21(12-10-20)42-29(30,31)32/h5-12H,4,13-17H2,1-3H3,(H2,33,34,37,38,39). The summed E-state index contributed by atoms with van der Waals surface area (Å²) in [7, 11) is 0. The number of alkyl halides is 3. The quantitative estimate of drug-likeness (QED) is 0.485. The molecule has 230 valence electrons. The van der Waals surface area contributed by atoms with Crippen LogP contribution in [-0.4, -0.2) is 71.9 Å². The molecule has 5 rings (SSSR count). The number of ether oxygens (including phenoxy) is 3. The second kappa shape index (κ2) is 10.7. The van der Waals surface area contributed by atoms with Gasteiger partial charge in [-0.2, -0.15) is 0 Å². The summed E-state index contributed by atoms with van der Waals surface area (Å²) >= 11 is 0. The molecule has 1 spiro atoms. The average Bonchev–Trinajstić information content (AvgIpc) is 2.88. The minimum absolute atomic E-state index is 0.229. The van der Waals surface area contributed by atoms with E-state index in [1.165, 1.54) is 36.4 Å². The second-order valence-electron chi connectivity index (χ2n) is 12.0. The van der Waals surface area contributed by atoms with Gasteiger partial charge in [-0.15, -0.1) is 13.2 Å². The van der Waals surface area contributed by atoms with Crippen LogP contribution < -0.4 is 20.1 Å². The normalized spacial score (nSPS) is 20.1. The Hall–Kier alpha value is -4.33. The molecule has 3 saturated heterocycles. The smallest absolute Gasteiger partial charge is 0.457 e. The second-order valence-corrected chi connectivity index (χ2v) is 12.0. The summed E-state index contributed by atoms with van der Waals surface area (Å²) in [4.78, 5) is 54.9. The number of nitrogens with zero attached hydrogens (tertiary/aromatic N) is 2. The maximum absolute atomic E-state index is 13.4. The summed E-state index contributed by atoms with van der Waals surface area (Å²) in [5, 5.41) is 4.42. The molecule has 11 nitrogen and oxygen atoms in total. The van der Waals surface area contributed by atoms with Crippen molar-refractivity contribution in [1.29, 1.82) is 0 Å². The first-order chi connectivity index (χ1) is 20.1. The van der Waals surface area contributed by atoms with E-state index in [0.717, 1.165) is 25.0 Å². The summed E-state index contributed by atoms with van der Waals surface area (Å²) < 4.78 is 52.4. The minimum atomic E-state index is -4.82. The molecule has 0 radical (unpaired) electrons. The van der Waals surface area contributed by atoms with Crippen LogP contribution in [0.15, 0.2) is 48.5 Å². The number of nitrogens with one attached hydrogen (secondary N) is 2. The van der Waals surface area contributed by atoms with Gasteiger partial charge in [0.1, 0.15) is 22.8 Å². The lowest BCUT2D eigenvalue weighted by atomic mass is 9.69. The van der Waals surface area contributed by atoms with Gasteiger partial charge in [-0.3, -0.25) is 25.1 Å². The molecule has 0 bridgehead atoms. The third-order valence-corrected chi connectivity index (χ3v) is 7.52. The van der Waals surface area contributed by atoms with Crippen molar-refractivity contribution in [2.45, 2.75) is 51.1 Å². The molecule has 3 fully saturated rings. The molecule has 5 amide bonds. The highest BCUT2D eigenvalue weighted by atomic mass is 19.4. The number of likely N-dealkylation sites (tertiary alicyclic amines) is 2. The topological polar surface area (TPSA) is 127 Å². The van der Waals surface area contributed by atoms with Crippen LogP contribution in [0.2, 0.25) is 0 Å². The van der Waals surface area contributed by atoms with Crippen molar-refractivity contribution < 1.29 is 46.6 Å². The van der Waals surface area contributed by atoms with E-state index in [4.69, 9.17) is 9.47 Å². The third-order valence-electron chi connectivity index (χ3n) is 7.52. The Balaban J connectivity index is 1.34. The molecule has 0 atom stereocenters. The molecule has 43 heavy (non-hydrogen) atoms. The van der Waals surface area contributed by atoms with Crippen LogP contribution in [0.4, 0.5) is 22.8 Å². The lowest BCUT2D eigenvalue weighted by Crippen LogP contribution is -2.77.